The summed E-state index contributed by atoms with van der Waals surface area (Å²) >= 11 is 0. The maximum Gasteiger partial charge on any atom is 0.166 e. The largest absolute Gasteiger partial charge is 0.484 e. The zero-order valence-corrected chi connectivity index (χ0v) is 9.21. The molecule has 0 radical (unpaired) electrons. The van der Waals surface area contributed by atoms with Gasteiger partial charge in [0.15, 0.2) is 17.9 Å². The molecular weight excluding hydrogens is 195 g/mol. The minimum atomic E-state index is -0.499. The first-order valence-corrected chi connectivity index (χ1v) is 4.93. The van der Waals surface area contributed by atoms with Crippen molar-refractivity contribution in [2.45, 2.75) is 32.8 Å². The highest BCUT2D eigenvalue weighted by Gasteiger charge is 2.20. The van der Waals surface area contributed by atoms with E-state index in [1.807, 2.05) is 20.8 Å². The van der Waals surface area contributed by atoms with E-state index < -0.39 is 11.4 Å². The molecule has 0 spiro atoms. The Morgan fingerprint density at radius 1 is 1.47 bits per heavy atom. The van der Waals surface area contributed by atoms with Gasteiger partial charge in [0.25, 0.3) is 0 Å². The monoisotopic (exact) mass is 210 g/mol. The second kappa shape index (κ2) is 4.43. The summed E-state index contributed by atoms with van der Waals surface area (Å²) in [6, 6.07) is 4.32. The zero-order chi connectivity index (χ0) is 11.5. The topological polar surface area (TPSA) is 26.3 Å². The highest BCUT2D eigenvalue weighted by molar-refractivity contribution is 5.79. The number of ether oxygens (including phenoxy) is 1. The molecule has 1 aromatic carbocycles. The molecule has 0 aliphatic rings. The van der Waals surface area contributed by atoms with E-state index in [2.05, 4.69) is 0 Å². The normalized spacial score (nSPS) is 11.2. The van der Waals surface area contributed by atoms with Crippen molar-refractivity contribution >= 4 is 6.29 Å². The Bertz CT molecular complexity index is 359. The summed E-state index contributed by atoms with van der Waals surface area (Å²) in [5.41, 5.74) is -0.225. The molecule has 1 rings (SSSR count). The molecule has 0 saturated heterocycles. The van der Waals surface area contributed by atoms with Gasteiger partial charge in [-0.3, -0.25) is 4.79 Å². The summed E-state index contributed by atoms with van der Waals surface area (Å²) in [7, 11) is 0. The smallest absolute Gasteiger partial charge is 0.166 e. The Morgan fingerprint density at radius 2 is 2.13 bits per heavy atom. The summed E-state index contributed by atoms with van der Waals surface area (Å²) in [6.07, 6.45) is 1.34. The first-order chi connectivity index (χ1) is 7.00. The molecule has 0 fully saturated rings. The van der Waals surface area contributed by atoms with Gasteiger partial charge in [0.2, 0.25) is 0 Å². The van der Waals surface area contributed by atoms with E-state index in [0.717, 1.165) is 6.42 Å². The Balaban J connectivity index is 3.07. The van der Waals surface area contributed by atoms with E-state index in [1.165, 1.54) is 18.2 Å². The van der Waals surface area contributed by atoms with Crippen LogP contribution in [0.1, 0.15) is 37.6 Å². The van der Waals surface area contributed by atoms with Crippen LogP contribution in [0.15, 0.2) is 18.2 Å². The fourth-order valence-corrected chi connectivity index (χ4v) is 1.07. The van der Waals surface area contributed by atoms with E-state index >= 15 is 0 Å². The van der Waals surface area contributed by atoms with Crippen molar-refractivity contribution in [1.29, 1.82) is 0 Å². The fourth-order valence-electron chi connectivity index (χ4n) is 1.07. The van der Waals surface area contributed by atoms with E-state index in [9.17, 15) is 9.18 Å². The van der Waals surface area contributed by atoms with Crippen molar-refractivity contribution in [3.05, 3.63) is 29.6 Å². The molecule has 0 saturated carbocycles. The molecule has 0 amide bonds. The van der Waals surface area contributed by atoms with Crippen LogP contribution in [-0.2, 0) is 0 Å². The predicted molar refractivity (Wildman–Crippen MR) is 56.8 cm³/mol. The first-order valence-electron chi connectivity index (χ1n) is 4.93. The molecule has 15 heavy (non-hydrogen) atoms. The van der Waals surface area contributed by atoms with Crippen molar-refractivity contribution in [1.82, 2.24) is 0 Å². The van der Waals surface area contributed by atoms with Crippen LogP contribution in [0.3, 0.4) is 0 Å². The number of para-hydroxylation sites is 1. The number of hydrogen-bond acceptors (Lipinski definition) is 2. The molecule has 0 aliphatic heterocycles. The van der Waals surface area contributed by atoms with Crippen LogP contribution >= 0.6 is 0 Å². The Morgan fingerprint density at radius 3 is 2.67 bits per heavy atom. The van der Waals surface area contributed by atoms with Gasteiger partial charge in [0, 0.05) is 0 Å². The summed E-state index contributed by atoms with van der Waals surface area (Å²) in [6.45, 7) is 5.66. The quantitative estimate of drug-likeness (QED) is 0.713. The molecule has 0 aromatic heterocycles. The van der Waals surface area contributed by atoms with Crippen molar-refractivity contribution in [2.75, 3.05) is 0 Å². The number of carbonyl (C=O) groups excluding carboxylic acids is 1. The molecule has 0 N–H and O–H groups in total. The van der Waals surface area contributed by atoms with Gasteiger partial charge in [-0.05, 0) is 32.4 Å². The van der Waals surface area contributed by atoms with Crippen LogP contribution in [0.25, 0.3) is 0 Å². The number of hydrogen-bond donors (Lipinski definition) is 0. The van der Waals surface area contributed by atoms with Crippen molar-refractivity contribution in [3.63, 3.8) is 0 Å². The SMILES string of the molecule is CCC(C)(C)Oc1c(F)cccc1C=O. The maximum absolute atomic E-state index is 13.4. The van der Waals surface area contributed by atoms with Crippen LogP contribution in [0, 0.1) is 5.82 Å². The highest BCUT2D eigenvalue weighted by Crippen LogP contribution is 2.26. The predicted octanol–water partition coefficient (Wildman–Crippen LogP) is 3.21. The van der Waals surface area contributed by atoms with E-state index in [0.29, 0.717) is 6.29 Å². The van der Waals surface area contributed by atoms with Crippen LogP contribution in [0.2, 0.25) is 0 Å². The lowest BCUT2D eigenvalue weighted by Gasteiger charge is -2.25. The third-order valence-corrected chi connectivity index (χ3v) is 2.35. The number of aldehydes is 1. The number of benzene rings is 1. The molecule has 0 unspecified atom stereocenters. The molecular formula is C12H15FO2. The molecule has 1 aromatic rings. The van der Waals surface area contributed by atoms with Gasteiger partial charge in [0.1, 0.15) is 5.60 Å². The Hall–Kier alpha value is -1.38. The van der Waals surface area contributed by atoms with Gasteiger partial charge in [-0.25, -0.2) is 4.39 Å². The Kier molecular flexibility index (Phi) is 3.45. The third kappa shape index (κ3) is 2.78. The van der Waals surface area contributed by atoms with Crippen LogP contribution in [0.5, 0.6) is 5.75 Å². The van der Waals surface area contributed by atoms with Crippen molar-refractivity contribution < 1.29 is 13.9 Å². The minimum absolute atomic E-state index is 0.0411. The molecule has 2 nitrogen and oxygen atoms in total. The molecule has 0 heterocycles. The lowest BCUT2D eigenvalue weighted by Crippen LogP contribution is -2.27. The van der Waals surface area contributed by atoms with Gasteiger partial charge in [-0.15, -0.1) is 0 Å². The van der Waals surface area contributed by atoms with Crippen LogP contribution in [0.4, 0.5) is 4.39 Å². The lowest BCUT2D eigenvalue weighted by atomic mass is 10.1. The van der Waals surface area contributed by atoms with Crippen molar-refractivity contribution in [3.8, 4) is 5.75 Å². The van der Waals surface area contributed by atoms with Gasteiger partial charge in [0.05, 0.1) is 5.56 Å². The average molecular weight is 210 g/mol. The summed E-state index contributed by atoms with van der Waals surface area (Å²) in [5.74, 6) is -0.458. The van der Waals surface area contributed by atoms with E-state index in [4.69, 9.17) is 4.74 Å². The van der Waals surface area contributed by atoms with Gasteiger partial charge in [-0.1, -0.05) is 13.0 Å². The van der Waals surface area contributed by atoms with Crippen LogP contribution in [-0.4, -0.2) is 11.9 Å². The van der Waals surface area contributed by atoms with Crippen molar-refractivity contribution in [2.24, 2.45) is 0 Å². The minimum Gasteiger partial charge on any atom is -0.484 e. The summed E-state index contributed by atoms with van der Waals surface area (Å²) in [4.78, 5) is 10.7. The van der Waals surface area contributed by atoms with E-state index in [-0.39, 0.29) is 11.3 Å². The lowest BCUT2D eigenvalue weighted by molar-refractivity contribution is 0.0955. The average Bonchev–Trinajstić information content (AvgIpc) is 2.21. The summed E-state index contributed by atoms with van der Waals surface area (Å²) < 4.78 is 18.9. The number of rotatable bonds is 4. The van der Waals surface area contributed by atoms with Gasteiger partial charge in [-0.2, -0.15) is 0 Å². The zero-order valence-electron chi connectivity index (χ0n) is 9.21. The summed E-state index contributed by atoms with van der Waals surface area (Å²) in [5, 5.41) is 0. The second-order valence-electron chi connectivity index (χ2n) is 3.99. The van der Waals surface area contributed by atoms with Gasteiger partial charge < -0.3 is 4.74 Å². The molecule has 0 atom stereocenters. The van der Waals surface area contributed by atoms with Gasteiger partial charge >= 0.3 is 0 Å². The second-order valence-corrected chi connectivity index (χ2v) is 3.99. The molecule has 3 heteroatoms. The molecule has 0 bridgehead atoms. The maximum atomic E-state index is 13.4. The molecule has 0 aliphatic carbocycles. The standard InChI is InChI=1S/C12H15FO2/c1-4-12(2,3)15-11-9(8-14)6-5-7-10(11)13/h5-8H,4H2,1-3H3. The highest BCUT2D eigenvalue weighted by atomic mass is 19.1. The number of carbonyl (C=O) groups is 1. The Labute approximate surface area is 89.1 Å². The molecule has 82 valence electrons. The third-order valence-electron chi connectivity index (χ3n) is 2.35. The fraction of sp³-hybridized carbons (Fsp3) is 0.417. The van der Waals surface area contributed by atoms with Crippen LogP contribution < -0.4 is 4.74 Å². The number of halogens is 1. The van der Waals surface area contributed by atoms with E-state index in [1.54, 1.807) is 0 Å². The first kappa shape index (κ1) is 11.7.